The lowest BCUT2D eigenvalue weighted by Gasteiger charge is -1.97. The molecule has 10 heavy (non-hydrogen) atoms. The first kappa shape index (κ1) is 8.00. The van der Waals surface area contributed by atoms with Crippen LogP contribution in [0.4, 0.5) is 5.95 Å². The number of aromatic nitrogens is 2. The molecule has 0 atom stereocenters. The number of aryl methyl sites for hydroxylation is 1. The van der Waals surface area contributed by atoms with Crippen molar-refractivity contribution in [3.63, 3.8) is 0 Å². The standard InChI is InChI=1S/C5H5ClIN3/c1-3-2-4(6)9-5(8-3)10-7/h2H,1H3,(H,8,9,10). The maximum absolute atomic E-state index is 5.63. The molecule has 0 bridgehead atoms. The minimum atomic E-state index is 0.465. The lowest BCUT2D eigenvalue weighted by molar-refractivity contribution is 1.12. The molecule has 54 valence electrons. The second-order valence-electron chi connectivity index (χ2n) is 1.75. The van der Waals surface area contributed by atoms with Crippen LogP contribution in [0.1, 0.15) is 5.69 Å². The smallest absolute Gasteiger partial charge is 0.233 e. The molecule has 0 spiro atoms. The van der Waals surface area contributed by atoms with Crippen LogP contribution >= 0.6 is 34.5 Å². The van der Waals surface area contributed by atoms with Crippen molar-refractivity contribution in [3.8, 4) is 0 Å². The molecule has 0 aliphatic heterocycles. The average Bonchev–Trinajstić information content (AvgIpc) is 1.85. The molecule has 1 heterocycles. The number of anilines is 1. The molecule has 0 unspecified atom stereocenters. The molecule has 1 aromatic rings. The predicted octanol–water partition coefficient (Wildman–Crippen LogP) is 2.20. The third kappa shape index (κ3) is 1.95. The van der Waals surface area contributed by atoms with Crippen molar-refractivity contribution in [2.75, 3.05) is 3.53 Å². The third-order valence-electron chi connectivity index (χ3n) is 0.907. The molecule has 0 aliphatic rings. The summed E-state index contributed by atoms with van der Waals surface area (Å²) in [7, 11) is 0. The monoisotopic (exact) mass is 269 g/mol. The fourth-order valence-corrected chi connectivity index (χ4v) is 1.05. The molecular weight excluding hydrogens is 264 g/mol. The Hall–Kier alpha value is -0.100. The van der Waals surface area contributed by atoms with Crippen LogP contribution in [0.2, 0.25) is 5.15 Å². The van der Waals surface area contributed by atoms with Crippen LogP contribution in [0.3, 0.4) is 0 Å². The van der Waals surface area contributed by atoms with Gasteiger partial charge in [0.25, 0.3) is 0 Å². The van der Waals surface area contributed by atoms with Crippen molar-refractivity contribution in [2.24, 2.45) is 0 Å². The summed E-state index contributed by atoms with van der Waals surface area (Å²) in [5.41, 5.74) is 0.860. The highest BCUT2D eigenvalue weighted by Gasteiger charge is 1.96. The second-order valence-corrected chi connectivity index (χ2v) is 2.68. The number of rotatable bonds is 1. The molecule has 5 heteroatoms. The zero-order valence-corrected chi connectivity index (χ0v) is 8.14. The third-order valence-corrected chi connectivity index (χ3v) is 1.58. The summed E-state index contributed by atoms with van der Waals surface area (Å²) in [5, 5.41) is 0.465. The van der Waals surface area contributed by atoms with E-state index < -0.39 is 0 Å². The van der Waals surface area contributed by atoms with E-state index >= 15 is 0 Å². The average molecular weight is 269 g/mol. The molecule has 0 amide bonds. The largest absolute Gasteiger partial charge is 0.297 e. The van der Waals surface area contributed by atoms with Gasteiger partial charge in [-0.15, -0.1) is 0 Å². The van der Waals surface area contributed by atoms with Gasteiger partial charge in [-0.1, -0.05) is 11.6 Å². The lowest BCUT2D eigenvalue weighted by atomic mass is 10.5. The van der Waals surface area contributed by atoms with E-state index in [4.69, 9.17) is 11.6 Å². The van der Waals surface area contributed by atoms with Gasteiger partial charge >= 0.3 is 0 Å². The SMILES string of the molecule is Cc1cc(Cl)nc(NI)n1. The number of nitrogens with one attached hydrogen (secondary N) is 1. The lowest BCUT2D eigenvalue weighted by Crippen LogP contribution is -1.92. The van der Waals surface area contributed by atoms with Gasteiger partial charge in [-0.3, -0.25) is 3.53 Å². The second kappa shape index (κ2) is 3.34. The zero-order chi connectivity index (χ0) is 7.56. The first-order valence-corrected chi connectivity index (χ1v) is 4.06. The van der Waals surface area contributed by atoms with E-state index in [9.17, 15) is 0 Å². The maximum atomic E-state index is 5.63. The zero-order valence-electron chi connectivity index (χ0n) is 5.23. The quantitative estimate of drug-likeness (QED) is 0.482. The van der Waals surface area contributed by atoms with Gasteiger partial charge in [0.05, 0.1) is 22.9 Å². The van der Waals surface area contributed by atoms with Crippen LogP contribution < -0.4 is 3.53 Å². The fourth-order valence-electron chi connectivity index (χ4n) is 0.572. The molecule has 1 rings (SSSR count). The minimum Gasteiger partial charge on any atom is -0.297 e. The van der Waals surface area contributed by atoms with Gasteiger partial charge in [-0.2, -0.15) is 0 Å². The summed E-state index contributed by atoms with van der Waals surface area (Å²) >= 11 is 7.59. The fraction of sp³-hybridized carbons (Fsp3) is 0.200. The molecule has 0 saturated heterocycles. The van der Waals surface area contributed by atoms with Gasteiger partial charge in [0.2, 0.25) is 5.95 Å². The Bertz CT molecular complexity index is 220. The van der Waals surface area contributed by atoms with Crippen LogP contribution in [-0.4, -0.2) is 9.97 Å². The van der Waals surface area contributed by atoms with E-state index in [2.05, 4.69) is 13.5 Å². The summed E-state index contributed by atoms with van der Waals surface area (Å²) in [6, 6.07) is 1.71. The number of nitrogens with zero attached hydrogens (tertiary/aromatic N) is 2. The van der Waals surface area contributed by atoms with Gasteiger partial charge in [0.15, 0.2) is 0 Å². The van der Waals surface area contributed by atoms with E-state index in [0.29, 0.717) is 11.1 Å². The Kier molecular flexibility index (Phi) is 2.67. The Morgan fingerprint density at radius 3 is 2.80 bits per heavy atom. The van der Waals surface area contributed by atoms with E-state index in [1.54, 1.807) is 6.07 Å². The number of hydrogen-bond acceptors (Lipinski definition) is 3. The molecule has 3 nitrogen and oxygen atoms in total. The molecule has 1 aromatic heterocycles. The molecular formula is C5H5ClIN3. The summed E-state index contributed by atoms with van der Waals surface area (Å²) in [6.07, 6.45) is 0. The first-order valence-electron chi connectivity index (χ1n) is 2.60. The van der Waals surface area contributed by atoms with Gasteiger partial charge in [0.1, 0.15) is 5.15 Å². The Balaban J connectivity index is 3.06. The van der Waals surface area contributed by atoms with Gasteiger partial charge in [0, 0.05) is 5.69 Å². The summed E-state index contributed by atoms with van der Waals surface area (Å²) in [6.45, 7) is 1.87. The molecule has 0 aromatic carbocycles. The van der Waals surface area contributed by atoms with Crippen LogP contribution in [0.15, 0.2) is 6.07 Å². The molecule has 0 saturated carbocycles. The minimum absolute atomic E-state index is 0.465. The van der Waals surface area contributed by atoms with E-state index in [1.807, 2.05) is 29.8 Å². The van der Waals surface area contributed by atoms with Crippen molar-refractivity contribution in [1.82, 2.24) is 9.97 Å². The summed E-state index contributed by atoms with van der Waals surface area (Å²) in [5.74, 6) is 0.547. The van der Waals surface area contributed by atoms with E-state index in [0.717, 1.165) is 5.69 Å². The van der Waals surface area contributed by atoms with Crippen molar-refractivity contribution in [1.29, 1.82) is 0 Å². The highest BCUT2D eigenvalue weighted by Crippen LogP contribution is 2.09. The highest BCUT2D eigenvalue weighted by atomic mass is 127. The summed E-state index contributed by atoms with van der Waals surface area (Å²) < 4.78 is 2.77. The van der Waals surface area contributed by atoms with Gasteiger partial charge in [-0.25, -0.2) is 9.97 Å². The molecule has 1 N–H and O–H groups in total. The normalized spacial score (nSPS) is 9.50. The number of hydrogen-bond donors (Lipinski definition) is 1. The van der Waals surface area contributed by atoms with Crippen molar-refractivity contribution in [2.45, 2.75) is 6.92 Å². The van der Waals surface area contributed by atoms with Crippen molar-refractivity contribution >= 4 is 40.4 Å². The van der Waals surface area contributed by atoms with E-state index in [1.165, 1.54) is 0 Å². The van der Waals surface area contributed by atoms with E-state index in [-0.39, 0.29) is 0 Å². The predicted molar refractivity (Wildman–Crippen MR) is 49.4 cm³/mol. The highest BCUT2D eigenvalue weighted by molar-refractivity contribution is 14.1. The maximum Gasteiger partial charge on any atom is 0.233 e. The Labute approximate surface area is 77.7 Å². The number of halogens is 2. The molecule has 0 radical (unpaired) electrons. The van der Waals surface area contributed by atoms with Crippen LogP contribution in [0.25, 0.3) is 0 Å². The Morgan fingerprint density at radius 1 is 1.60 bits per heavy atom. The summed E-state index contributed by atoms with van der Waals surface area (Å²) in [4.78, 5) is 7.93. The van der Waals surface area contributed by atoms with Crippen molar-refractivity contribution < 1.29 is 0 Å². The molecule has 0 aliphatic carbocycles. The molecule has 0 fully saturated rings. The Morgan fingerprint density at radius 2 is 2.30 bits per heavy atom. The topological polar surface area (TPSA) is 37.8 Å². The van der Waals surface area contributed by atoms with Crippen molar-refractivity contribution in [3.05, 3.63) is 16.9 Å². The van der Waals surface area contributed by atoms with Gasteiger partial charge in [-0.05, 0) is 13.0 Å². The van der Waals surface area contributed by atoms with Crippen LogP contribution in [0.5, 0.6) is 0 Å². The first-order chi connectivity index (χ1) is 4.72. The van der Waals surface area contributed by atoms with Crippen LogP contribution in [-0.2, 0) is 0 Å². The van der Waals surface area contributed by atoms with Gasteiger partial charge < -0.3 is 0 Å². The van der Waals surface area contributed by atoms with Crippen LogP contribution in [0, 0.1) is 6.92 Å².